The van der Waals surface area contributed by atoms with Crippen LogP contribution in [0.5, 0.6) is 0 Å². The number of benzene rings is 2. The summed E-state index contributed by atoms with van der Waals surface area (Å²) >= 11 is 0.679. The lowest BCUT2D eigenvalue weighted by atomic mass is 10.0. The zero-order valence-corrected chi connectivity index (χ0v) is 11.5. The summed E-state index contributed by atoms with van der Waals surface area (Å²) in [6, 6.07) is 17.6. The quantitative estimate of drug-likeness (QED) is 0.677. The largest absolute Gasteiger partial charge is 0.408 e. The highest BCUT2D eigenvalue weighted by Crippen LogP contribution is 2.22. The fourth-order valence-electron chi connectivity index (χ4n) is 1.62. The maximum Gasteiger partial charge on any atom is 0.408 e. The highest BCUT2D eigenvalue weighted by atomic mass is 32.3. The van der Waals surface area contributed by atoms with Crippen molar-refractivity contribution in [2.45, 2.75) is 5.75 Å². The molecule has 0 aromatic heterocycles. The Morgan fingerprint density at radius 2 is 1.68 bits per heavy atom. The van der Waals surface area contributed by atoms with Gasteiger partial charge in [0.2, 0.25) is 0 Å². The van der Waals surface area contributed by atoms with Crippen LogP contribution in [0.15, 0.2) is 54.6 Å². The summed E-state index contributed by atoms with van der Waals surface area (Å²) in [4.78, 5) is 0. The summed E-state index contributed by atoms with van der Waals surface area (Å²) in [7, 11) is -4.39. The molecule has 0 amide bonds. The Hall–Kier alpha value is -1.34. The average molecular weight is 296 g/mol. The van der Waals surface area contributed by atoms with E-state index in [9.17, 15) is 8.42 Å². The van der Waals surface area contributed by atoms with E-state index in [4.69, 9.17) is 4.55 Å². The monoisotopic (exact) mass is 296 g/mol. The molecule has 2 aromatic rings. The van der Waals surface area contributed by atoms with Crippen LogP contribution >= 0.6 is 12.0 Å². The Morgan fingerprint density at radius 3 is 2.37 bits per heavy atom. The van der Waals surface area contributed by atoms with E-state index in [0.29, 0.717) is 17.8 Å². The second-order valence-corrected chi connectivity index (χ2v) is 5.75. The van der Waals surface area contributed by atoms with Crippen molar-refractivity contribution < 1.29 is 16.6 Å². The van der Waals surface area contributed by atoms with Gasteiger partial charge >= 0.3 is 10.4 Å². The Balaban J connectivity index is 2.08. The van der Waals surface area contributed by atoms with Gasteiger partial charge in [-0.05, 0) is 16.7 Å². The van der Waals surface area contributed by atoms with Crippen LogP contribution in [-0.2, 0) is 19.8 Å². The predicted octanol–water partition coefficient (Wildman–Crippen LogP) is 3.32. The SMILES string of the molecule is O=S(=O)(O)OSCc1cccc(-c2ccccc2)c1. The average Bonchev–Trinajstić information content (AvgIpc) is 2.39. The maximum atomic E-state index is 10.4. The number of hydrogen-bond acceptors (Lipinski definition) is 4. The van der Waals surface area contributed by atoms with E-state index in [1.807, 2.05) is 54.6 Å². The highest BCUT2D eigenvalue weighted by Gasteiger charge is 2.06. The van der Waals surface area contributed by atoms with E-state index >= 15 is 0 Å². The standard InChI is InChI=1S/C13H12O4S2/c14-19(15,16)17-18-10-11-5-4-8-13(9-11)12-6-2-1-3-7-12/h1-9H,10H2,(H,14,15,16). The van der Waals surface area contributed by atoms with Crippen molar-refractivity contribution in [3.63, 3.8) is 0 Å². The number of hydrogen-bond donors (Lipinski definition) is 1. The van der Waals surface area contributed by atoms with Gasteiger partial charge in [0.25, 0.3) is 0 Å². The summed E-state index contributed by atoms with van der Waals surface area (Å²) in [6.07, 6.45) is 0. The van der Waals surface area contributed by atoms with Crippen molar-refractivity contribution >= 4 is 22.4 Å². The van der Waals surface area contributed by atoms with Crippen LogP contribution in [-0.4, -0.2) is 13.0 Å². The van der Waals surface area contributed by atoms with Crippen LogP contribution in [0.4, 0.5) is 0 Å². The summed E-state index contributed by atoms with van der Waals surface area (Å²) in [6.45, 7) is 0. The third kappa shape index (κ3) is 4.68. The molecule has 1 N–H and O–H groups in total. The normalized spacial score (nSPS) is 11.4. The predicted molar refractivity (Wildman–Crippen MR) is 75.8 cm³/mol. The van der Waals surface area contributed by atoms with E-state index in [2.05, 4.69) is 3.63 Å². The van der Waals surface area contributed by atoms with Crippen LogP contribution in [0, 0.1) is 0 Å². The van der Waals surface area contributed by atoms with Crippen molar-refractivity contribution in [1.82, 2.24) is 0 Å². The summed E-state index contributed by atoms with van der Waals surface area (Å²) < 4.78 is 33.5. The molecule has 2 aromatic carbocycles. The minimum Gasteiger partial charge on any atom is -0.263 e. The molecule has 6 heteroatoms. The topological polar surface area (TPSA) is 63.6 Å². The molecule has 0 radical (unpaired) electrons. The van der Waals surface area contributed by atoms with Crippen LogP contribution in [0.25, 0.3) is 11.1 Å². The Kier molecular flexibility index (Phi) is 4.60. The first-order valence-corrected chi connectivity index (χ1v) is 7.75. The fraction of sp³-hybridized carbons (Fsp3) is 0.0769. The second kappa shape index (κ2) is 6.21. The lowest BCUT2D eigenvalue weighted by Gasteiger charge is -2.04. The zero-order valence-electron chi connectivity index (χ0n) is 9.89. The summed E-state index contributed by atoms with van der Waals surface area (Å²) in [5, 5.41) is 0. The van der Waals surface area contributed by atoms with Crippen molar-refractivity contribution in [2.24, 2.45) is 0 Å². The van der Waals surface area contributed by atoms with Crippen LogP contribution < -0.4 is 0 Å². The van der Waals surface area contributed by atoms with Crippen molar-refractivity contribution in [2.75, 3.05) is 0 Å². The molecular formula is C13H12O4S2. The molecule has 0 saturated heterocycles. The van der Waals surface area contributed by atoms with E-state index < -0.39 is 10.4 Å². The van der Waals surface area contributed by atoms with Gasteiger partial charge in [-0.3, -0.25) is 4.55 Å². The van der Waals surface area contributed by atoms with Gasteiger partial charge in [0.1, 0.15) is 0 Å². The van der Waals surface area contributed by atoms with Gasteiger partial charge in [0.15, 0.2) is 0 Å². The minimum absolute atomic E-state index is 0.334. The van der Waals surface area contributed by atoms with Crippen LogP contribution in [0.3, 0.4) is 0 Å². The van der Waals surface area contributed by atoms with E-state index in [1.165, 1.54) is 0 Å². The fourth-order valence-corrected chi connectivity index (χ4v) is 2.62. The molecule has 0 unspecified atom stereocenters. The van der Waals surface area contributed by atoms with Crippen molar-refractivity contribution in [3.8, 4) is 11.1 Å². The second-order valence-electron chi connectivity index (χ2n) is 3.82. The molecule has 0 spiro atoms. The first-order valence-electron chi connectivity index (χ1n) is 5.47. The molecular weight excluding hydrogens is 284 g/mol. The lowest BCUT2D eigenvalue weighted by Crippen LogP contribution is -1.97. The van der Waals surface area contributed by atoms with Crippen LogP contribution in [0.1, 0.15) is 5.56 Å². The van der Waals surface area contributed by atoms with Gasteiger partial charge in [-0.2, -0.15) is 12.0 Å². The van der Waals surface area contributed by atoms with Crippen molar-refractivity contribution in [3.05, 3.63) is 60.2 Å². The molecule has 0 saturated carbocycles. The molecule has 19 heavy (non-hydrogen) atoms. The maximum absolute atomic E-state index is 10.4. The number of rotatable bonds is 5. The van der Waals surface area contributed by atoms with E-state index in [0.717, 1.165) is 16.7 Å². The van der Waals surface area contributed by atoms with Gasteiger partial charge in [0, 0.05) is 17.8 Å². The summed E-state index contributed by atoms with van der Waals surface area (Å²) in [5.41, 5.74) is 3.05. The Labute approximate surface area is 116 Å². The van der Waals surface area contributed by atoms with E-state index in [-0.39, 0.29) is 0 Å². The molecule has 4 nitrogen and oxygen atoms in total. The first kappa shape index (κ1) is 14.1. The van der Waals surface area contributed by atoms with Crippen molar-refractivity contribution in [1.29, 1.82) is 0 Å². The smallest absolute Gasteiger partial charge is 0.263 e. The lowest BCUT2D eigenvalue weighted by molar-refractivity contribution is 0.407. The van der Waals surface area contributed by atoms with Gasteiger partial charge in [-0.1, -0.05) is 54.6 Å². The molecule has 0 bridgehead atoms. The third-order valence-corrected chi connectivity index (χ3v) is 3.92. The molecule has 0 atom stereocenters. The summed E-state index contributed by atoms with van der Waals surface area (Å²) in [5.74, 6) is 0.334. The van der Waals surface area contributed by atoms with Crippen LogP contribution in [0.2, 0.25) is 0 Å². The first-order chi connectivity index (χ1) is 9.04. The molecule has 0 fully saturated rings. The molecule has 2 rings (SSSR count). The van der Waals surface area contributed by atoms with Gasteiger partial charge in [-0.25, -0.2) is 0 Å². The molecule has 0 aliphatic carbocycles. The molecule has 0 aliphatic rings. The molecule has 0 aliphatic heterocycles. The van der Waals surface area contributed by atoms with Gasteiger partial charge in [0.05, 0.1) is 0 Å². The van der Waals surface area contributed by atoms with Gasteiger partial charge < -0.3 is 0 Å². The minimum atomic E-state index is -4.39. The Morgan fingerprint density at radius 1 is 1.00 bits per heavy atom. The molecule has 0 heterocycles. The zero-order chi connectivity index (χ0) is 13.7. The highest BCUT2D eigenvalue weighted by molar-refractivity contribution is 8.02. The van der Waals surface area contributed by atoms with E-state index in [1.54, 1.807) is 0 Å². The van der Waals surface area contributed by atoms with Gasteiger partial charge in [-0.15, -0.1) is 0 Å². The molecule has 100 valence electrons. The Bertz CT molecular complexity index is 639. The third-order valence-electron chi connectivity index (χ3n) is 2.39.